The number of hydrogen-bond acceptors (Lipinski definition) is 7. The Balaban J connectivity index is 2.21. The summed E-state index contributed by atoms with van der Waals surface area (Å²) in [7, 11) is 0. The predicted molar refractivity (Wildman–Crippen MR) is 112 cm³/mol. The number of benzene rings is 1. The van der Waals surface area contributed by atoms with E-state index in [1.807, 2.05) is 19.1 Å². The minimum atomic E-state index is -1.35. The summed E-state index contributed by atoms with van der Waals surface area (Å²) >= 11 is 6.23. The number of thiocarbonyl (C=S) groups is 1. The molecule has 6 nitrogen and oxygen atoms in total. The van der Waals surface area contributed by atoms with E-state index >= 15 is 0 Å². The summed E-state index contributed by atoms with van der Waals surface area (Å²) in [5, 5.41) is 11.1. The molecule has 0 bridgehead atoms. The van der Waals surface area contributed by atoms with Gasteiger partial charge in [-0.05, 0) is 44.0 Å². The second kappa shape index (κ2) is 10.5. The topological polar surface area (TPSA) is 78.9 Å². The third-order valence-electron chi connectivity index (χ3n) is 4.12. The van der Waals surface area contributed by atoms with Gasteiger partial charge in [0.2, 0.25) is 0 Å². The molecule has 8 heteroatoms. The van der Waals surface area contributed by atoms with Gasteiger partial charge in [0.15, 0.2) is 11.5 Å². The molecule has 0 aliphatic carbocycles. The van der Waals surface area contributed by atoms with Gasteiger partial charge in [-0.3, -0.25) is 9.69 Å². The summed E-state index contributed by atoms with van der Waals surface area (Å²) < 4.78 is 11.7. The van der Waals surface area contributed by atoms with Crippen molar-refractivity contribution in [3.8, 4) is 11.5 Å². The van der Waals surface area contributed by atoms with Crippen molar-refractivity contribution in [1.82, 2.24) is 4.90 Å². The number of amides is 1. The second-order valence-corrected chi connectivity index (χ2v) is 7.92. The fraction of sp³-hybridized carbons (Fsp3) is 0.450. The lowest BCUT2D eigenvalue weighted by atomic mass is 10.1. The monoisotopic (exact) mass is 422 g/mol. The van der Waals surface area contributed by atoms with E-state index in [1.165, 1.54) is 6.92 Å². The van der Waals surface area contributed by atoms with Gasteiger partial charge in [0.1, 0.15) is 4.32 Å². The molecule has 1 aliphatic heterocycles. The molecule has 1 aliphatic rings. The zero-order valence-corrected chi connectivity index (χ0v) is 17.9. The van der Waals surface area contributed by atoms with E-state index < -0.39 is 17.9 Å². The molecule has 0 spiro atoms. The minimum absolute atomic E-state index is 0.203. The van der Waals surface area contributed by atoms with Crippen molar-refractivity contribution in [2.45, 2.75) is 46.1 Å². The number of ether oxygens (including phenoxy) is 2. The minimum Gasteiger partial charge on any atom is -0.548 e. The van der Waals surface area contributed by atoms with Crippen LogP contribution in [0, 0.1) is 0 Å². The average molecular weight is 423 g/mol. The van der Waals surface area contributed by atoms with Crippen LogP contribution in [0.5, 0.6) is 11.5 Å². The maximum atomic E-state index is 12.5. The number of aliphatic carboxylic acids is 1. The van der Waals surface area contributed by atoms with Gasteiger partial charge in [-0.15, -0.1) is 0 Å². The largest absolute Gasteiger partial charge is 0.548 e. The Kier molecular flexibility index (Phi) is 8.32. The summed E-state index contributed by atoms with van der Waals surface area (Å²) in [5.74, 6) is -0.523. The smallest absolute Gasteiger partial charge is 0.266 e. The van der Waals surface area contributed by atoms with Crippen LogP contribution < -0.4 is 14.6 Å². The van der Waals surface area contributed by atoms with Crippen molar-refractivity contribution < 1.29 is 24.2 Å². The van der Waals surface area contributed by atoms with Gasteiger partial charge >= 0.3 is 0 Å². The Morgan fingerprint density at radius 1 is 1.29 bits per heavy atom. The zero-order valence-electron chi connectivity index (χ0n) is 16.2. The molecule has 1 heterocycles. The standard InChI is InChI=1S/C20H25NO5S2/c1-4-6-7-10-26-15-9-8-14(11-16(15)25-5-2)12-17-18(22)21(20(27)28-17)13(3)19(23)24/h8-9,11-13H,4-7,10H2,1-3H3,(H,23,24)/p-1/b17-12+/t13-/m0/s1. The number of hydrogen-bond donors (Lipinski definition) is 0. The van der Waals surface area contributed by atoms with Crippen LogP contribution in [0.25, 0.3) is 6.08 Å². The second-order valence-electron chi connectivity index (χ2n) is 6.24. The molecule has 1 atom stereocenters. The molecule has 0 radical (unpaired) electrons. The highest BCUT2D eigenvalue weighted by atomic mass is 32.2. The zero-order chi connectivity index (χ0) is 20.7. The lowest BCUT2D eigenvalue weighted by molar-refractivity contribution is -0.309. The SMILES string of the molecule is CCCCCOc1ccc(/C=C2/SC(=S)N([C@@H](C)C(=O)[O-])C2=O)cc1OCC. The fourth-order valence-electron chi connectivity index (χ4n) is 2.61. The van der Waals surface area contributed by atoms with Gasteiger partial charge in [0, 0.05) is 0 Å². The van der Waals surface area contributed by atoms with E-state index in [0.29, 0.717) is 29.6 Å². The van der Waals surface area contributed by atoms with Crippen LogP contribution >= 0.6 is 24.0 Å². The molecule has 1 saturated heterocycles. The van der Waals surface area contributed by atoms with Crippen LogP contribution in [0.4, 0.5) is 0 Å². The van der Waals surface area contributed by atoms with E-state index in [0.717, 1.165) is 41.5 Å². The number of nitrogens with zero attached hydrogens (tertiary/aromatic N) is 1. The third kappa shape index (κ3) is 5.48. The van der Waals surface area contributed by atoms with Gasteiger partial charge in [-0.1, -0.05) is 49.8 Å². The number of unbranched alkanes of at least 4 members (excludes halogenated alkanes) is 2. The Bertz CT molecular complexity index is 778. The molecule has 1 aromatic carbocycles. The van der Waals surface area contributed by atoms with Crippen LogP contribution in [0.1, 0.15) is 45.6 Å². The predicted octanol–water partition coefficient (Wildman–Crippen LogP) is 2.99. The lowest BCUT2D eigenvalue weighted by Crippen LogP contribution is -2.48. The molecule has 0 saturated carbocycles. The number of carboxylic acid groups (broad SMARTS) is 1. The lowest BCUT2D eigenvalue weighted by Gasteiger charge is -2.23. The molecule has 2 rings (SSSR count). The maximum absolute atomic E-state index is 12.5. The summed E-state index contributed by atoms with van der Waals surface area (Å²) in [6.45, 7) is 6.50. The first kappa shape index (κ1) is 22.2. The van der Waals surface area contributed by atoms with Crippen molar-refractivity contribution in [1.29, 1.82) is 0 Å². The van der Waals surface area contributed by atoms with Crippen LogP contribution in [0.3, 0.4) is 0 Å². The van der Waals surface area contributed by atoms with E-state index in [1.54, 1.807) is 12.1 Å². The Hall–Kier alpha value is -2.06. The number of carbonyl (C=O) groups is 2. The Labute approximate surface area is 174 Å². The number of carbonyl (C=O) groups excluding carboxylic acids is 2. The summed E-state index contributed by atoms with van der Waals surface area (Å²) in [5.41, 5.74) is 0.742. The van der Waals surface area contributed by atoms with Crippen molar-refractivity contribution in [3.63, 3.8) is 0 Å². The molecule has 28 heavy (non-hydrogen) atoms. The summed E-state index contributed by atoms with van der Waals surface area (Å²) in [6, 6.07) is 4.32. The molecule has 1 amide bonds. The first-order valence-electron chi connectivity index (χ1n) is 9.26. The Morgan fingerprint density at radius 2 is 2.04 bits per heavy atom. The highest BCUT2D eigenvalue weighted by Gasteiger charge is 2.35. The van der Waals surface area contributed by atoms with Gasteiger partial charge < -0.3 is 19.4 Å². The molecular formula is C20H24NO5S2-. The van der Waals surface area contributed by atoms with Crippen LogP contribution in [-0.4, -0.2) is 40.4 Å². The highest BCUT2D eigenvalue weighted by Crippen LogP contribution is 2.35. The molecule has 1 fully saturated rings. The van der Waals surface area contributed by atoms with Crippen LogP contribution in [0.15, 0.2) is 23.1 Å². The fourth-order valence-corrected chi connectivity index (χ4v) is 4.03. The molecule has 0 N–H and O–H groups in total. The van der Waals surface area contributed by atoms with Crippen molar-refractivity contribution >= 4 is 46.3 Å². The van der Waals surface area contributed by atoms with Crippen LogP contribution in [-0.2, 0) is 9.59 Å². The molecule has 1 aromatic rings. The molecule has 0 unspecified atom stereocenters. The molecular weight excluding hydrogens is 398 g/mol. The van der Waals surface area contributed by atoms with Crippen molar-refractivity contribution in [3.05, 3.63) is 28.7 Å². The molecule has 152 valence electrons. The first-order valence-corrected chi connectivity index (χ1v) is 10.5. The van der Waals surface area contributed by atoms with Crippen molar-refractivity contribution in [2.75, 3.05) is 13.2 Å². The molecule has 0 aromatic heterocycles. The van der Waals surface area contributed by atoms with Gasteiger partial charge in [-0.25, -0.2) is 0 Å². The van der Waals surface area contributed by atoms with E-state index in [9.17, 15) is 14.7 Å². The highest BCUT2D eigenvalue weighted by molar-refractivity contribution is 8.26. The summed E-state index contributed by atoms with van der Waals surface area (Å²) in [6.07, 6.45) is 4.87. The van der Waals surface area contributed by atoms with Gasteiger partial charge in [-0.2, -0.15) is 0 Å². The summed E-state index contributed by atoms with van der Waals surface area (Å²) in [4.78, 5) is 25.1. The van der Waals surface area contributed by atoms with Gasteiger partial charge in [0.05, 0.1) is 30.1 Å². The van der Waals surface area contributed by atoms with E-state index in [-0.39, 0.29) is 4.32 Å². The third-order valence-corrected chi connectivity index (χ3v) is 5.45. The van der Waals surface area contributed by atoms with Crippen molar-refractivity contribution in [2.24, 2.45) is 0 Å². The normalized spacial score (nSPS) is 16.5. The van der Waals surface area contributed by atoms with Crippen LogP contribution in [0.2, 0.25) is 0 Å². The van der Waals surface area contributed by atoms with E-state index in [2.05, 4.69) is 6.92 Å². The van der Waals surface area contributed by atoms with Gasteiger partial charge in [0.25, 0.3) is 5.91 Å². The first-order chi connectivity index (χ1) is 13.4. The number of carboxylic acids is 1. The number of rotatable bonds is 10. The quantitative estimate of drug-likeness (QED) is 0.326. The number of thioether (sulfide) groups is 1. The van der Waals surface area contributed by atoms with E-state index in [4.69, 9.17) is 21.7 Å². The average Bonchev–Trinajstić information content (AvgIpc) is 2.93. The Morgan fingerprint density at radius 3 is 2.68 bits per heavy atom. The maximum Gasteiger partial charge on any atom is 0.266 e.